The number of fused-ring (bicyclic) bond motifs is 1. The molecule has 2 aliphatic rings. The van der Waals surface area contributed by atoms with Crippen molar-refractivity contribution in [1.29, 1.82) is 0 Å². The Labute approximate surface area is 243 Å². The summed E-state index contributed by atoms with van der Waals surface area (Å²) in [5.74, 6) is -0.189. The molecule has 3 aromatic carbocycles. The highest BCUT2D eigenvalue weighted by atomic mass is 16.7. The average molecular weight is 556 g/mol. The first kappa shape index (κ1) is 29.0. The summed E-state index contributed by atoms with van der Waals surface area (Å²) >= 11 is 0. The van der Waals surface area contributed by atoms with Gasteiger partial charge < -0.3 is 19.7 Å². The maximum atomic E-state index is 13.7. The normalized spacial score (nSPS) is 19.0. The summed E-state index contributed by atoms with van der Waals surface area (Å²) < 4.78 is 11.6. The largest absolute Gasteiger partial charge is 0.353 e. The van der Waals surface area contributed by atoms with Crippen molar-refractivity contribution in [2.75, 3.05) is 43.6 Å². The highest BCUT2D eigenvalue weighted by Crippen LogP contribution is 2.37. The summed E-state index contributed by atoms with van der Waals surface area (Å²) in [7, 11) is 2.17. The number of hydrogen-bond donors (Lipinski definition) is 1. The number of carbonyl (C=O) groups excluding carboxylic acids is 2. The van der Waals surface area contributed by atoms with Crippen LogP contribution in [0.25, 0.3) is 0 Å². The van der Waals surface area contributed by atoms with Crippen molar-refractivity contribution < 1.29 is 19.1 Å². The smallest absolute Gasteiger partial charge is 0.258 e. The lowest BCUT2D eigenvalue weighted by Gasteiger charge is -2.30. The molecule has 2 heterocycles. The van der Waals surface area contributed by atoms with Gasteiger partial charge in [0.1, 0.15) is 0 Å². The van der Waals surface area contributed by atoms with Crippen molar-refractivity contribution in [3.05, 3.63) is 95.1 Å². The Morgan fingerprint density at radius 1 is 0.976 bits per heavy atom. The number of ether oxygens (including phenoxy) is 2. The molecule has 3 aromatic rings. The van der Waals surface area contributed by atoms with E-state index in [1.807, 2.05) is 42.2 Å². The van der Waals surface area contributed by atoms with E-state index in [0.29, 0.717) is 30.0 Å². The third-order valence-electron chi connectivity index (χ3n) is 8.10. The van der Waals surface area contributed by atoms with E-state index in [0.717, 1.165) is 56.5 Å². The topological polar surface area (TPSA) is 71.1 Å². The average Bonchev–Trinajstić information content (AvgIpc) is 3.20. The van der Waals surface area contributed by atoms with E-state index in [2.05, 4.69) is 35.5 Å². The fourth-order valence-corrected chi connectivity index (χ4v) is 5.81. The summed E-state index contributed by atoms with van der Waals surface area (Å²) in [4.78, 5) is 30.8. The number of hydrogen-bond acceptors (Lipinski definition) is 5. The summed E-state index contributed by atoms with van der Waals surface area (Å²) in [5, 5.41) is 2.94. The number of carbonyl (C=O) groups is 2. The molecule has 0 spiro atoms. The van der Waals surface area contributed by atoms with Crippen LogP contribution >= 0.6 is 0 Å². The van der Waals surface area contributed by atoms with Crippen molar-refractivity contribution >= 4 is 23.2 Å². The van der Waals surface area contributed by atoms with Crippen molar-refractivity contribution in [2.24, 2.45) is 0 Å². The van der Waals surface area contributed by atoms with Gasteiger partial charge in [0.25, 0.3) is 11.8 Å². The van der Waals surface area contributed by atoms with Crippen LogP contribution in [0.5, 0.6) is 0 Å². The van der Waals surface area contributed by atoms with Gasteiger partial charge in [-0.25, -0.2) is 0 Å². The highest BCUT2D eigenvalue weighted by Gasteiger charge is 2.29. The predicted molar refractivity (Wildman–Crippen MR) is 162 cm³/mol. The summed E-state index contributed by atoms with van der Waals surface area (Å²) in [5.41, 5.74) is 4.96. The number of anilines is 2. The zero-order valence-corrected chi connectivity index (χ0v) is 24.2. The Morgan fingerprint density at radius 2 is 1.76 bits per heavy atom. The second-order valence-electron chi connectivity index (χ2n) is 11.0. The summed E-state index contributed by atoms with van der Waals surface area (Å²) in [6.45, 7) is 4.98. The quantitative estimate of drug-likeness (QED) is 0.302. The van der Waals surface area contributed by atoms with Crippen LogP contribution in [-0.2, 0) is 9.47 Å². The lowest BCUT2D eigenvalue weighted by Crippen LogP contribution is -2.32. The number of nitrogens with one attached hydrogen (secondary N) is 1. The van der Waals surface area contributed by atoms with Gasteiger partial charge in [0.2, 0.25) is 0 Å². The first-order valence-electron chi connectivity index (χ1n) is 14.8. The molecule has 2 aliphatic heterocycles. The molecule has 216 valence electrons. The first-order chi connectivity index (χ1) is 20.0. The lowest BCUT2D eigenvalue weighted by molar-refractivity contribution is -0.163. The van der Waals surface area contributed by atoms with Crippen molar-refractivity contribution in [3.63, 3.8) is 0 Å². The number of nitrogens with zero attached hydrogens (tertiary/aromatic N) is 2. The molecule has 1 N–H and O–H groups in total. The van der Waals surface area contributed by atoms with Crippen LogP contribution in [0.15, 0.2) is 72.8 Å². The fraction of sp³-hybridized carbons (Fsp3) is 0.412. The first-order valence-corrected chi connectivity index (χ1v) is 14.8. The van der Waals surface area contributed by atoms with Crippen LogP contribution in [0.4, 0.5) is 11.4 Å². The van der Waals surface area contributed by atoms with Crippen LogP contribution in [-0.4, -0.2) is 56.4 Å². The second-order valence-corrected chi connectivity index (χ2v) is 11.0. The standard InChI is InChI=1S/C34H41N3O4/c1-25-11-3-4-12-28(25)33(38)35-27-19-17-26(18-20-27)34(39)37-22-9-15-30(29-13-5-6-14-31(29)37)36(2)21-10-24-41-32-16-7-8-23-40-32/h3-6,11-14,17-20,30,32H,7-10,15-16,21-24H2,1-2H3,(H,35,38). The number of rotatable bonds is 9. The Hall–Kier alpha value is -3.52. The molecule has 0 bridgehead atoms. The molecule has 0 aliphatic carbocycles. The Balaban J connectivity index is 1.23. The summed E-state index contributed by atoms with van der Waals surface area (Å²) in [6.07, 6.45) is 6.06. The second kappa shape index (κ2) is 13.9. The van der Waals surface area contributed by atoms with E-state index in [1.165, 1.54) is 12.0 Å². The molecule has 2 unspecified atom stereocenters. The van der Waals surface area contributed by atoms with Gasteiger partial charge in [0.05, 0.1) is 6.61 Å². The maximum absolute atomic E-state index is 13.7. The highest BCUT2D eigenvalue weighted by molar-refractivity contribution is 6.08. The van der Waals surface area contributed by atoms with Gasteiger partial charge in [0, 0.05) is 48.2 Å². The Kier molecular flexibility index (Phi) is 9.83. The molecule has 2 amide bonds. The van der Waals surface area contributed by atoms with E-state index in [4.69, 9.17) is 9.47 Å². The minimum atomic E-state index is -0.160. The van der Waals surface area contributed by atoms with Crippen LogP contribution in [0.2, 0.25) is 0 Å². The molecular formula is C34H41N3O4. The minimum absolute atomic E-state index is 0.0292. The van der Waals surface area contributed by atoms with E-state index in [-0.39, 0.29) is 24.1 Å². The van der Waals surface area contributed by atoms with Crippen molar-refractivity contribution in [3.8, 4) is 0 Å². The van der Waals surface area contributed by atoms with Crippen LogP contribution in [0, 0.1) is 6.92 Å². The van der Waals surface area contributed by atoms with Crippen molar-refractivity contribution in [2.45, 2.75) is 57.8 Å². The molecule has 41 heavy (non-hydrogen) atoms. The van der Waals surface area contributed by atoms with Crippen molar-refractivity contribution in [1.82, 2.24) is 4.90 Å². The zero-order chi connectivity index (χ0) is 28.6. The lowest BCUT2D eigenvalue weighted by atomic mass is 10.00. The molecule has 0 aromatic heterocycles. The molecule has 7 nitrogen and oxygen atoms in total. The van der Waals surface area contributed by atoms with Gasteiger partial charge in [0.15, 0.2) is 6.29 Å². The predicted octanol–water partition coefficient (Wildman–Crippen LogP) is 6.59. The van der Waals surface area contributed by atoms with Gasteiger partial charge in [-0.15, -0.1) is 0 Å². The van der Waals surface area contributed by atoms with E-state index in [9.17, 15) is 9.59 Å². The third-order valence-corrected chi connectivity index (χ3v) is 8.10. The van der Waals surface area contributed by atoms with Crippen LogP contribution in [0.3, 0.4) is 0 Å². The van der Waals surface area contributed by atoms with Gasteiger partial charge in [-0.05, 0) is 100 Å². The maximum Gasteiger partial charge on any atom is 0.258 e. The molecule has 5 rings (SSSR count). The monoisotopic (exact) mass is 555 g/mol. The van der Waals surface area contributed by atoms with Gasteiger partial charge in [-0.2, -0.15) is 0 Å². The number of para-hydroxylation sites is 1. The van der Waals surface area contributed by atoms with E-state index < -0.39 is 0 Å². The molecule has 2 atom stereocenters. The van der Waals surface area contributed by atoms with Gasteiger partial charge >= 0.3 is 0 Å². The third kappa shape index (κ3) is 7.22. The number of amides is 2. The molecule has 0 radical (unpaired) electrons. The molecule has 1 fully saturated rings. The Morgan fingerprint density at radius 3 is 2.54 bits per heavy atom. The molecule has 7 heteroatoms. The molecule has 1 saturated heterocycles. The minimum Gasteiger partial charge on any atom is -0.353 e. The van der Waals surface area contributed by atoms with Gasteiger partial charge in [-0.3, -0.25) is 14.5 Å². The molecule has 0 saturated carbocycles. The molecular weight excluding hydrogens is 514 g/mol. The van der Waals surface area contributed by atoms with Gasteiger partial charge in [-0.1, -0.05) is 36.4 Å². The van der Waals surface area contributed by atoms with Crippen LogP contribution < -0.4 is 10.2 Å². The van der Waals surface area contributed by atoms with E-state index in [1.54, 1.807) is 24.3 Å². The number of aryl methyl sites for hydroxylation is 1. The fourth-order valence-electron chi connectivity index (χ4n) is 5.81. The SMILES string of the molecule is Cc1ccccc1C(=O)Nc1ccc(C(=O)N2CCCC(N(C)CCCOC3CCCCO3)c3ccccc32)cc1. The number of benzene rings is 3. The van der Waals surface area contributed by atoms with Crippen LogP contribution in [0.1, 0.15) is 76.4 Å². The summed E-state index contributed by atoms with van der Waals surface area (Å²) in [6, 6.07) is 23.2. The zero-order valence-electron chi connectivity index (χ0n) is 24.2. The Bertz CT molecular complexity index is 1320. The van der Waals surface area contributed by atoms with E-state index >= 15 is 0 Å².